The SMILES string of the molecule is Cc1cc(-c2nc(-c3ccc(O)cc3)no2)c(N)s1. The Hall–Kier alpha value is -2.34. The number of rotatable bonds is 2. The molecule has 3 N–H and O–H groups in total. The van der Waals surface area contributed by atoms with Gasteiger partial charge in [-0.25, -0.2) is 0 Å². The van der Waals surface area contributed by atoms with Crippen LogP contribution < -0.4 is 5.73 Å². The molecule has 0 aliphatic rings. The van der Waals surface area contributed by atoms with E-state index in [1.165, 1.54) is 11.3 Å². The Morgan fingerprint density at radius 3 is 2.63 bits per heavy atom. The van der Waals surface area contributed by atoms with Crippen LogP contribution in [0.1, 0.15) is 4.88 Å². The average Bonchev–Trinajstić information content (AvgIpc) is 2.97. The van der Waals surface area contributed by atoms with Crippen LogP contribution in [-0.4, -0.2) is 15.2 Å². The molecule has 0 fully saturated rings. The number of anilines is 1. The predicted octanol–water partition coefficient (Wildman–Crippen LogP) is 3.06. The van der Waals surface area contributed by atoms with E-state index in [2.05, 4.69) is 10.1 Å². The Kier molecular flexibility index (Phi) is 2.72. The summed E-state index contributed by atoms with van der Waals surface area (Å²) in [5.41, 5.74) is 7.44. The van der Waals surface area contributed by atoms with Gasteiger partial charge in [-0.2, -0.15) is 4.98 Å². The van der Waals surface area contributed by atoms with E-state index in [9.17, 15) is 5.11 Å². The summed E-state index contributed by atoms with van der Waals surface area (Å²) in [6, 6.07) is 8.54. The van der Waals surface area contributed by atoms with Crippen LogP contribution in [0.15, 0.2) is 34.9 Å². The molecular weight excluding hydrogens is 262 g/mol. The van der Waals surface area contributed by atoms with E-state index in [0.29, 0.717) is 16.7 Å². The highest BCUT2D eigenvalue weighted by molar-refractivity contribution is 7.16. The number of aromatic hydroxyl groups is 1. The van der Waals surface area contributed by atoms with Crippen LogP contribution in [-0.2, 0) is 0 Å². The van der Waals surface area contributed by atoms with E-state index in [1.54, 1.807) is 24.3 Å². The first-order valence-corrected chi connectivity index (χ1v) is 6.44. The molecule has 0 aliphatic heterocycles. The maximum absolute atomic E-state index is 9.25. The topological polar surface area (TPSA) is 85.2 Å². The lowest BCUT2D eigenvalue weighted by Crippen LogP contribution is -1.84. The Bertz CT molecular complexity index is 716. The Balaban J connectivity index is 1.99. The zero-order valence-electron chi connectivity index (χ0n) is 10.1. The second kappa shape index (κ2) is 4.40. The predicted molar refractivity (Wildman–Crippen MR) is 73.9 cm³/mol. The summed E-state index contributed by atoms with van der Waals surface area (Å²) in [6.45, 7) is 1.97. The molecule has 0 amide bonds. The molecule has 0 saturated heterocycles. The summed E-state index contributed by atoms with van der Waals surface area (Å²) >= 11 is 1.49. The smallest absolute Gasteiger partial charge is 0.261 e. The van der Waals surface area contributed by atoms with E-state index < -0.39 is 0 Å². The van der Waals surface area contributed by atoms with Crippen molar-refractivity contribution in [1.82, 2.24) is 10.1 Å². The van der Waals surface area contributed by atoms with E-state index >= 15 is 0 Å². The van der Waals surface area contributed by atoms with Crippen molar-refractivity contribution in [1.29, 1.82) is 0 Å². The van der Waals surface area contributed by atoms with Crippen molar-refractivity contribution in [3.8, 4) is 28.6 Å². The summed E-state index contributed by atoms with van der Waals surface area (Å²) in [5.74, 6) is 1.08. The standard InChI is InChI=1S/C13H11N3O2S/c1-7-6-10(11(14)19-7)13-15-12(16-18-13)8-2-4-9(17)5-3-8/h2-6,17H,14H2,1H3. The molecule has 0 spiro atoms. The van der Waals surface area contributed by atoms with E-state index in [-0.39, 0.29) is 5.75 Å². The van der Waals surface area contributed by atoms with Crippen LogP contribution in [0, 0.1) is 6.92 Å². The van der Waals surface area contributed by atoms with Gasteiger partial charge in [-0.3, -0.25) is 0 Å². The fraction of sp³-hybridized carbons (Fsp3) is 0.0769. The van der Waals surface area contributed by atoms with Gasteiger partial charge in [0.2, 0.25) is 5.82 Å². The molecule has 19 heavy (non-hydrogen) atoms. The minimum absolute atomic E-state index is 0.199. The maximum Gasteiger partial charge on any atom is 0.261 e. The Labute approximate surface area is 113 Å². The van der Waals surface area contributed by atoms with Gasteiger partial charge >= 0.3 is 0 Å². The maximum atomic E-state index is 9.25. The van der Waals surface area contributed by atoms with Gasteiger partial charge < -0.3 is 15.4 Å². The molecule has 2 heterocycles. The Morgan fingerprint density at radius 1 is 1.26 bits per heavy atom. The van der Waals surface area contributed by atoms with Crippen molar-refractivity contribution in [3.63, 3.8) is 0 Å². The van der Waals surface area contributed by atoms with Crippen LogP contribution in [0.2, 0.25) is 0 Å². The molecule has 2 aromatic heterocycles. The van der Waals surface area contributed by atoms with Crippen molar-refractivity contribution in [2.45, 2.75) is 6.92 Å². The van der Waals surface area contributed by atoms with Crippen LogP contribution in [0.5, 0.6) is 5.75 Å². The number of nitrogens with two attached hydrogens (primary N) is 1. The first-order chi connectivity index (χ1) is 9.13. The minimum Gasteiger partial charge on any atom is -0.508 e. The second-order valence-corrected chi connectivity index (χ2v) is 5.39. The third-order valence-electron chi connectivity index (χ3n) is 2.67. The average molecular weight is 273 g/mol. The van der Waals surface area contributed by atoms with Crippen LogP contribution >= 0.6 is 11.3 Å². The van der Waals surface area contributed by atoms with Gasteiger partial charge in [0.1, 0.15) is 5.75 Å². The molecule has 3 aromatic rings. The molecule has 0 saturated carbocycles. The van der Waals surface area contributed by atoms with Crippen LogP contribution in [0.4, 0.5) is 5.00 Å². The number of hydrogen-bond donors (Lipinski definition) is 2. The van der Waals surface area contributed by atoms with Crippen molar-refractivity contribution in [2.24, 2.45) is 0 Å². The number of aryl methyl sites for hydroxylation is 1. The summed E-state index contributed by atoms with van der Waals surface area (Å²) < 4.78 is 5.23. The van der Waals surface area contributed by atoms with Crippen LogP contribution in [0.3, 0.4) is 0 Å². The zero-order chi connectivity index (χ0) is 13.4. The van der Waals surface area contributed by atoms with Crippen molar-refractivity contribution in [3.05, 3.63) is 35.2 Å². The summed E-state index contributed by atoms with van der Waals surface area (Å²) in [5, 5.41) is 13.8. The fourth-order valence-corrected chi connectivity index (χ4v) is 2.54. The molecule has 5 nitrogen and oxygen atoms in total. The van der Waals surface area contributed by atoms with Crippen molar-refractivity contribution >= 4 is 16.3 Å². The lowest BCUT2D eigenvalue weighted by atomic mass is 10.2. The molecule has 3 rings (SSSR count). The molecule has 0 atom stereocenters. The molecule has 0 bridgehead atoms. The zero-order valence-corrected chi connectivity index (χ0v) is 10.9. The normalized spacial score (nSPS) is 10.8. The van der Waals surface area contributed by atoms with Crippen molar-refractivity contribution < 1.29 is 9.63 Å². The number of thiophene rings is 1. The van der Waals surface area contributed by atoms with E-state index in [1.807, 2.05) is 13.0 Å². The number of phenolic OH excluding ortho intramolecular Hbond substituents is 1. The third kappa shape index (κ3) is 2.17. The third-order valence-corrected chi connectivity index (χ3v) is 3.55. The molecule has 0 radical (unpaired) electrons. The quantitative estimate of drug-likeness (QED) is 0.749. The van der Waals surface area contributed by atoms with Gasteiger partial charge in [-0.05, 0) is 37.3 Å². The largest absolute Gasteiger partial charge is 0.508 e. The monoisotopic (exact) mass is 273 g/mol. The van der Waals surface area contributed by atoms with Gasteiger partial charge in [0.25, 0.3) is 5.89 Å². The number of aromatic nitrogens is 2. The second-order valence-electron chi connectivity index (χ2n) is 4.10. The van der Waals surface area contributed by atoms with E-state index in [4.69, 9.17) is 10.3 Å². The molecule has 0 unspecified atom stereocenters. The first-order valence-electron chi connectivity index (χ1n) is 5.63. The lowest BCUT2D eigenvalue weighted by Gasteiger charge is -1.93. The summed E-state index contributed by atoms with van der Waals surface area (Å²) in [6.07, 6.45) is 0. The van der Waals surface area contributed by atoms with Gasteiger partial charge in [0, 0.05) is 10.4 Å². The van der Waals surface area contributed by atoms with Gasteiger partial charge in [-0.1, -0.05) is 5.16 Å². The fourth-order valence-electron chi connectivity index (χ4n) is 1.76. The van der Waals surface area contributed by atoms with Crippen molar-refractivity contribution in [2.75, 3.05) is 5.73 Å². The highest BCUT2D eigenvalue weighted by atomic mass is 32.1. The molecule has 96 valence electrons. The molecule has 1 aromatic carbocycles. The number of benzene rings is 1. The van der Waals surface area contributed by atoms with Crippen LogP contribution in [0.25, 0.3) is 22.8 Å². The van der Waals surface area contributed by atoms with Gasteiger partial charge in [0.05, 0.1) is 10.6 Å². The van der Waals surface area contributed by atoms with Gasteiger partial charge in [-0.15, -0.1) is 11.3 Å². The number of nitrogens with zero attached hydrogens (tertiary/aromatic N) is 2. The highest BCUT2D eigenvalue weighted by Crippen LogP contribution is 2.33. The highest BCUT2D eigenvalue weighted by Gasteiger charge is 2.15. The number of phenols is 1. The minimum atomic E-state index is 0.199. The molecule has 6 heteroatoms. The lowest BCUT2D eigenvalue weighted by molar-refractivity contribution is 0.432. The number of nitrogen functional groups attached to an aromatic ring is 1. The summed E-state index contributed by atoms with van der Waals surface area (Å²) in [4.78, 5) is 5.42. The molecule has 0 aliphatic carbocycles. The number of hydrogen-bond acceptors (Lipinski definition) is 6. The first kappa shape index (κ1) is 11.7. The van der Waals surface area contributed by atoms with Gasteiger partial charge in [0.15, 0.2) is 0 Å². The molecular formula is C13H11N3O2S. The Morgan fingerprint density at radius 2 is 2.00 bits per heavy atom. The summed E-state index contributed by atoms with van der Waals surface area (Å²) in [7, 11) is 0. The van der Waals surface area contributed by atoms with E-state index in [0.717, 1.165) is 16.0 Å².